The van der Waals surface area contributed by atoms with Gasteiger partial charge in [0.15, 0.2) is 5.11 Å². The van der Waals surface area contributed by atoms with Crippen molar-refractivity contribution >= 4 is 51.7 Å². The molecule has 0 atom stereocenters. The van der Waals surface area contributed by atoms with E-state index in [0.717, 1.165) is 48.3 Å². The van der Waals surface area contributed by atoms with Crippen LogP contribution in [0.3, 0.4) is 0 Å². The van der Waals surface area contributed by atoms with E-state index in [9.17, 15) is 5.26 Å². The summed E-state index contributed by atoms with van der Waals surface area (Å²) in [5, 5.41) is 16.3. The van der Waals surface area contributed by atoms with Crippen LogP contribution in [0.15, 0.2) is 22.4 Å². The van der Waals surface area contributed by atoms with E-state index in [2.05, 4.69) is 35.5 Å². The van der Waals surface area contributed by atoms with Gasteiger partial charge in [-0.15, -0.1) is 0 Å². The molecule has 1 aliphatic carbocycles. The third-order valence-corrected chi connectivity index (χ3v) is 5.52. The highest BCUT2D eigenvalue weighted by Gasteiger charge is 2.37. The Labute approximate surface area is 159 Å². The molecule has 7 heteroatoms. The fraction of sp³-hybridized carbons (Fsp3) is 0.529. The minimum absolute atomic E-state index is 0.0593. The number of nitriles is 1. The first kappa shape index (κ1) is 17.5. The molecule has 2 N–H and O–H groups in total. The van der Waals surface area contributed by atoms with Crippen molar-refractivity contribution in [2.45, 2.75) is 39.5 Å². The van der Waals surface area contributed by atoms with E-state index in [0.29, 0.717) is 15.1 Å². The van der Waals surface area contributed by atoms with Gasteiger partial charge in [0.1, 0.15) is 16.0 Å². The van der Waals surface area contributed by atoms with Crippen LogP contribution in [-0.2, 0) is 0 Å². The number of thiocarbonyl (C=S) groups is 3. The molecule has 0 aromatic heterocycles. The zero-order valence-electron chi connectivity index (χ0n) is 13.9. The average molecular weight is 377 g/mol. The number of hydrogen-bond donors (Lipinski definition) is 2. The van der Waals surface area contributed by atoms with Crippen molar-refractivity contribution in [2.75, 3.05) is 13.1 Å². The first-order chi connectivity index (χ1) is 11.3. The van der Waals surface area contributed by atoms with Crippen molar-refractivity contribution in [2.24, 2.45) is 5.41 Å². The zero-order valence-corrected chi connectivity index (χ0v) is 16.3. The maximum Gasteiger partial charge on any atom is 0.176 e. The van der Waals surface area contributed by atoms with E-state index in [4.69, 9.17) is 36.7 Å². The molecule has 2 saturated heterocycles. The molecule has 0 saturated carbocycles. The summed E-state index contributed by atoms with van der Waals surface area (Å²) in [6.45, 7) is 6.51. The molecule has 2 heterocycles. The van der Waals surface area contributed by atoms with Crippen LogP contribution in [0.25, 0.3) is 0 Å². The van der Waals surface area contributed by atoms with Gasteiger partial charge in [-0.05, 0) is 48.9 Å². The Hall–Kier alpha value is -1.36. The van der Waals surface area contributed by atoms with E-state index >= 15 is 0 Å². The molecule has 0 amide bonds. The summed E-state index contributed by atoms with van der Waals surface area (Å²) in [6.07, 6.45) is 4.05. The summed E-state index contributed by atoms with van der Waals surface area (Å²) in [5.41, 5.74) is 3.66. The van der Waals surface area contributed by atoms with Gasteiger partial charge in [0.2, 0.25) is 0 Å². The van der Waals surface area contributed by atoms with Crippen molar-refractivity contribution in [3.63, 3.8) is 0 Å². The number of allylic oxidation sites excluding steroid dienone is 3. The number of nitrogens with one attached hydrogen (secondary N) is 2. The minimum Gasteiger partial charge on any atom is -0.374 e. The summed E-state index contributed by atoms with van der Waals surface area (Å²) < 4.78 is 0. The van der Waals surface area contributed by atoms with E-state index in [1.165, 1.54) is 12.8 Å². The maximum atomic E-state index is 9.90. The van der Waals surface area contributed by atoms with E-state index in [1.807, 2.05) is 0 Å². The van der Waals surface area contributed by atoms with Crippen LogP contribution in [0.1, 0.15) is 39.5 Å². The molecule has 0 spiro atoms. The Kier molecular flexibility index (Phi) is 4.73. The summed E-state index contributed by atoms with van der Waals surface area (Å²) in [6, 6.07) is 2.44. The maximum absolute atomic E-state index is 9.90. The van der Waals surface area contributed by atoms with Crippen LogP contribution in [-0.4, -0.2) is 33.1 Å². The standard InChI is InChI=1S/C17H20N4S3/c1-17(2)7-10(13-14(22)19-16(24)20-15(13)23)11(9-18)12(8-17)21-5-3-4-6-21/h3-8H2,1-2H3,(H2,19,20,22,23,24). The van der Waals surface area contributed by atoms with E-state index in [1.54, 1.807) is 0 Å². The lowest BCUT2D eigenvalue weighted by molar-refractivity contribution is 0.287. The van der Waals surface area contributed by atoms with Gasteiger partial charge in [-0.3, -0.25) is 0 Å². The Bertz CT molecular complexity index is 711. The number of rotatable bonds is 1. The SMILES string of the molecule is CC1(C)CC(=C2C(=S)NC(=S)NC2=S)C(C#N)=C(N2CCCC2)C1. The fourth-order valence-corrected chi connectivity index (χ4v) is 4.74. The smallest absolute Gasteiger partial charge is 0.176 e. The molecular formula is C17H20N4S3. The summed E-state index contributed by atoms with van der Waals surface area (Å²) in [5.74, 6) is 0. The van der Waals surface area contributed by atoms with Crippen LogP contribution in [0.2, 0.25) is 0 Å². The first-order valence-corrected chi connectivity index (χ1v) is 9.33. The Morgan fingerprint density at radius 1 is 1.04 bits per heavy atom. The summed E-state index contributed by atoms with van der Waals surface area (Å²) >= 11 is 16.1. The molecule has 2 aliphatic heterocycles. The van der Waals surface area contributed by atoms with Crippen LogP contribution >= 0.6 is 36.7 Å². The van der Waals surface area contributed by atoms with Crippen LogP contribution in [0.5, 0.6) is 0 Å². The molecule has 126 valence electrons. The fourth-order valence-electron chi connectivity index (χ4n) is 3.69. The highest BCUT2D eigenvalue weighted by molar-refractivity contribution is 7.84. The van der Waals surface area contributed by atoms with Crippen LogP contribution < -0.4 is 10.6 Å². The molecular weight excluding hydrogens is 356 g/mol. The lowest BCUT2D eigenvalue weighted by atomic mass is 9.72. The zero-order chi connectivity index (χ0) is 17.5. The van der Waals surface area contributed by atoms with Gasteiger partial charge in [0, 0.05) is 24.4 Å². The second-order valence-corrected chi connectivity index (χ2v) is 8.46. The van der Waals surface area contributed by atoms with Gasteiger partial charge in [0.25, 0.3) is 0 Å². The number of likely N-dealkylation sites (tertiary alicyclic amines) is 1. The molecule has 3 rings (SSSR count). The van der Waals surface area contributed by atoms with Gasteiger partial charge in [-0.2, -0.15) is 5.26 Å². The highest BCUT2D eigenvalue weighted by Crippen LogP contribution is 2.45. The second kappa shape index (κ2) is 6.51. The number of hydrogen-bond acceptors (Lipinski definition) is 5. The molecule has 3 aliphatic rings. The predicted octanol–water partition coefficient (Wildman–Crippen LogP) is 3.11. The molecule has 2 fully saturated rings. The Morgan fingerprint density at radius 2 is 1.62 bits per heavy atom. The van der Waals surface area contributed by atoms with Gasteiger partial charge < -0.3 is 15.5 Å². The van der Waals surface area contributed by atoms with Gasteiger partial charge >= 0.3 is 0 Å². The molecule has 0 radical (unpaired) electrons. The lowest BCUT2D eigenvalue weighted by Crippen LogP contribution is -2.50. The van der Waals surface area contributed by atoms with Crippen molar-refractivity contribution in [1.82, 2.24) is 15.5 Å². The van der Waals surface area contributed by atoms with E-state index < -0.39 is 0 Å². The number of nitrogens with zero attached hydrogens (tertiary/aromatic N) is 2. The topological polar surface area (TPSA) is 51.1 Å². The molecule has 0 unspecified atom stereocenters. The molecule has 0 bridgehead atoms. The van der Waals surface area contributed by atoms with Crippen LogP contribution in [0.4, 0.5) is 0 Å². The largest absolute Gasteiger partial charge is 0.374 e. The third kappa shape index (κ3) is 3.23. The quantitative estimate of drug-likeness (QED) is 0.539. The second-order valence-electron chi connectivity index (χ2n) is 7.24. The van der Waals surface area contributed by atoms with Gasteiger partial charge in [-0.25, -0.2) is 0 Å². The highest BCUT2D eigenvalue weighted by atomic mass is 32.1. The monoisotopic (exact) mass is 376 g/mol. The van der Waals surface area contributed by atoms with Crippen molar-refractivity contribution in [3.8, 4) is 6.07 Å². The molecule has 4 nitrogen and oxygen atoms in total. The van der Waals surface area contributed by atoms with Gasteiger partial charge in [-0.1, -0.05) is 38.3 Å². The predicted molar refractivity (Wildman–Crippen MR) is 108 cm³/mol. The molecule has 0 aromatic carbocycles. The van der Waals surface area contributed by atoms with E-state index in [-0.39, 0.29) is 5.41 Å². The Morgan fingerprint density at radius 3 is 2.17 bits per heavy atom. The first-order valence-electron chi connectivity index (χ1n) is 8.11. The minimum atomic E-state index is 0.0593. The van der Waals surface area contributed by atoms with Crippen molar-refractivity contribution in [1.29, 1.82) is 5.26 Å². The molecule has 24 heavy (non-hydrogen) atoms. The van der Waals surface area contributed by atoms with Crippen molar-refractivity contribution < 1.29 is 0 Å². The average Bonchev–Trinajstić information content (AvgIpc) is 2.98. The van der Waals surface area contributed by atoms with Crippen molar-refractivity contribution in [3.05, 3.63) is 22.4 Å². The summed E-state index contributed by atoms with van der Waals surface area (Å²) in [4.78, 5) is 3.40. The Balaban J connectivity index is 2.17. The third-order valence-electron chi connectivity index (χ3n) is 4.70. The van der Waals surface area contributed by atoms with Crippen LogP contribution in [0, 0.1) is 16.7 Å². The normalized spacial score (nSPS) is 24.0. The van der Waals surface area contributed by atoms with Gasteiger partial charge in [0.05, 0.1) is 5.57 Å². The summed E-state index contributed by atoms with van der Waals surface area (Å²) in [7, 11) is 0. The molecule has 0 aromatic rings. The lowest BCUT2D eigenvalue weighted by Gasteiger charge is -2.38.